The molecular weight excluding hydrogens is 386 g/mol. The minimum absolute atomic E-state index is 0.0106. The highest BCUT2D eigenvalue weighted by Gasteiger charge is 2.29. The molecule has 0 aliphatic heterocycles. The summed E-state index contributed by atoms with van der Waals surface area (Å²) in [5, 5.41) is 0. The Labute approximate surface area is 193 Å². The molecule has 0 aromatic heterocycles. The number of nitrogens with zero attached hydrogens (tertiary/aromatic N) is 1. The summed E-state index contributed by atoms with van der Waals surface area (Å²) in [7, 11) is 0. The normalized spacial score (nSPS) is 15.2. The van der Waals surface area contributed by atoms with Crippen LogP contribution in [-0.2, 0) is 14.3 Å². The van der Waals surface area contributed by atoms with Crippen molar-refractivity contribution in [3.63, 3.8) is 0 Å². The highest BCUT2D eigenvalue weighted by atomic mass is 16.5. The second-order valence-electron chi connectivity index (χ2n) is 9.40. The van der Waals surface area contributed by atoms with Crippen molar-refractivity contribution in [1.82, 2.24) is 4.90 Å². The van der Waals surface area contributed by atoms with Crippen LogP contribution in [0.4, 0.5) is 0 Å². The van der Waals surface area contributed by atoms with E-state index in [-0.39, 0.29) is 17.8 Å². The third kappa shape index (κ3) is 12.5. The molecule has 0 radical (unpaired) electrons. The molecule has 4 nitrogen and oxygen atoms in total. The Morgan fingerprint density at radius 3 is 1.55 bits per heavy atom. The Hall–Kier alpha value is -1.06. The van der Waals surface area contributed by atoms with E-state index in [1.807, 2.05) is 11.8 Å². The molecule has 0 heterocycles. The zero-order valence-corrected chi connectivity index (χ0v) is 21.9. The lowest BCUT2D eigenvalue weighted by Gasteiger charge is -2.32. The van der Waals surface area contributed by atoms with Crippen LogP contribution in [0.5, 0.6) is 0 Å². The zero-order chi connectivity index (χ0) is 23.6. The number of carbonyl (C=O) groups excluding carboxylic acids is 2. The molecule has 4 heteroatoms. The van der Waals surface area contributed by atoms with Gasteiger partial charge in [-0.15, -0.1) is 0 Å². The number of unbranched alkanes of at least 4 members (excludes halogenated alkanes) is 3. The molecule has 0 aliphatic carbocycles. The van der Waals surface area contributed by atoms with Crippen LogP contribution in [0.15, 0.2) is 0 Å². The fourth-order valence-corrected chi connectivity index (χ4v) is 4.23. The molecule has 0 bridgehead atoms. The Kier molecular flexibility index (Phi) is 17.9. The molecule has 0 aromatic carbocycles. The molecule has 0 aromatic rings. The SMILES string of the molecule is CCCCC(CC)CN(CC(CC)CCCC)C(=O)C(C)OC(=O)C(CC)CCCC. The Balaban J connectivity index is 5.26. The molecule has 0 saturated heterocycles. The van der Waals surface area contributed by atoms with Gasteiger partial charge in [-0.1, -0.05) is 92.9 Å². The van der Waals surface area contributed by atoms with E-state index < -0.39 is 6.10 Å². The highest BCUT2D eigenvalue weighted by Crippen LogP contribution is 2.21. The maximum atomic E-state index is 13.4. The molecule has 0 rings (SSSR count). The van der Waals surface area contributed by atoms with Gasteiger partial charge in [0, 0.05) is 13.1 Å². The van der Waals surface area contributed by atoms with Crippen LogP contribution in [0.2, 0.25) is 0 Å². The maximum absolute atomic E-state index is 13.4. The predicted octanol–water partition coefficient (Wildman–Crippen LogP) is 7.40. The molecular formula is C27H53NO3. The Morgan fingerprint density at radius 1 is 0.710 bits per heavy atom. The highest BCUT2D eigenvalue weighted by molar-refractivity contribution is 5.84. The van der Waals surface area contributed by atoms with Crippen LogP contribution < -0.4 is 0 Å². The van der Waals surface area contributed by atoms with Crippen LogP contribution in [-0.4, -0.2) is 36.0 Å². The number of esters is 1. The predicted molar refractivity (Wildman–Crippen MR) is 132 cm³/mol. The van der Waals surface area contributed by atoms with E-state index in [0.29, 0.717) is 11.8 Å². The van der Waals surface area contributed by atoms with E-state index in [4.69, 9.17) is 4.74 Å². The van der Waals surface area contributed by atoms with Crippen LogP contribution in [0.1, 0.15) is 126 Å². The smallest absolute Gasteiger partial charge is 0.309 e. The minimum atomic E-state index is -0.699. The largest absolute Gasteiger partial charge is 0.452 e. The maximum Gasteiger partial charge on any atom is 0.309 e. The van der Waals surface area contributed by atoms with Crippen molar-refractivity contribution in [2.24, 2.45) is 17.8 Å². The first-order valence-electron chi connectivity index (χ1n) is 13.4. The molecule has 4 atom stereocenters. The summed E-state index contributed by atoms with van der Waals surface area (Å²) in [6.07, 6.45) is 12.3. The van der Waals surface area contributed by atoms with Crippen LogP contribution in [0.25, 0.3) is 0 Å². The van der Waals surface area contributed by atoms with Gasteiger partial charge in [-0.05, 0) is 44.4 Å². The number of amides is 1. The van der Waals surface area contributed by atoms with Gasteiger partial charge in [0.2, 0.25) is 0 Å². The first-order valence-corrected chi connectivity index (χ1v) is 13.4. The molecule has 0 N–H and O–H groups in total. The van der Waals surface area contributed by atoms with Gasteiger partial charge >= 0.3 is 5.97 Å². The quantitative estimate of drug-likeness (QED) is 0.197. The van der Waals surface area contributed by atoms with Crippen molar-refractivity contribution in [3.8, 4) is 0 Å². The summed E-state index contributed by atoms with van der Waals surface area (Å²) in [5.74, 6) is 0.729. The number of ether oxygens (including phenoxy) is 1. The molecule has 31 heavy (non-hydrogen) atoms. The van der Waals surface area contributed by atoms with Crippen molar-refractivity contribution in [2.45, 2.75) is 132 Å². The van der Waals surface area contributed by atoms with E-state index >= 15 is 0 Å². The summed E-state index contributed by atoms with van der Waals surface area (Å²) < 4.78 is 5.71. The molecule has 184 valence electrons. The van der Waals surface area contributed by atoms with E-state index in [1.165, 1.54) is 25.7 Å². The van der Waals surface area contributed by atoms with E-state index in [0.717, 1.165) is 64.5 Å². The van der Waals surface area contributed by atoms with Crippen LogP contribution >= 0.6 is 0 Å². The number of hydrogen-bond acceptors (Lipinski definition) is 3. The van der Waals surface area contributed by atoms with E-state index in [9.17, 15) is 9.59 Å². The lowest BCUT2D eigenvalue weighted by atomic mass is 9.95. The van der Waals surface area contributed by atoms with Crippen molar-refractivity contribution in [1.29, 1.82) is 0 Å². The number of carbonyl (C=O) groups is 2. The number of rotatable bonds is 19. The fourth-order valence-electron chi connectivity index (χ4n) is 4.23. The van der Waals surface area contributed by atoms with Gasteiger partial charge in [0.1, 0.15) is 0 Å². The first kappa shape index (κ1) is 29.9. The summed E-state index contributed by atoms with van der Waals surface area (Å²) in [5.41, 5.74) is 0. The molecule has 1 amide bonds. The van der Waals surface area contributed by atoms with Gasteiger partial charge in [-0.25, -0.2) is 0 Å². The topological polar surface area (TPSA) is 46.6 Å². The van der Waals surface area contributed by atoms with Crippen molar-refractivity contribution in [2.75, 3.05) is 13.1 Å². The van der Waals surface area contributed by atoms with Gasteiger partial charge in [-0.3, -0.25) is 9.59 Å². The third-order valence-electron chi connectivity index (χ3n) is 6.73. The van der Waals surface area contributed by atoms with Gasteiger partial charge in [0.15, 0.2) is 6.10 Å². The monoisotopic (exact) mass is 439 g/mol. The van der Waals surface area contributed by atoms with E-state index in [1.54, 1.807) is 6.92 Å². The number of hydrogen-bond donors (Lipinski definition) is 0. The average Bonchev–Trinajstić information content (AvgIpc) is 2.77. The summed E-state index contributed by atoms with van der Waals surface area (Å²) in [4.78, 5) is 28.1. The van der Waals surface area contributed by atoms with Gasteiger partial charge < -0.3 is 9.64 Å². The van der Waals surface area contributed by atoms with Gasteiger partial charge in [0.05, 0.1) is 5.92 Å². The third-order valence-corrected chi connectivity index (χ3v) is 6.73. The Morgan fingerprint density at radius 2 is 1.16 bits per heavy atom. The fraction of sp³-hybridized carbons (Fsp3) is 0.926. The molecule has 4 unspecified atom stereocenters. The minimum Gasteiger partial charge on any atom is -0.452 e. The van der Waals surface area contributed by atoms with Crippen molar-refractivity contribution >= 4 is 11.9 Å². The van der Waals surface area contributed by atoms with Gasteiger partial charge in [-0.2, -0.15) is 0 Å². The van der Waals surface area contributed by atoms with Crippen LogP contribution in [0.3, 0.4) is 0 Å². The molecule has 0 aliphatic rings. The lowest BCUT2D eigenvalue weighted by molar-refractivity contribution is -0.163. The van der Waals surface area contributed by atoms with E-state index in [2.05, 4.69) is 34.6 Å². The average molecular weight is 440 g/mol. The molecule has 0 saturated carbocycles. The van der Waals surface area contributed by atoms with Crippen molar-refractivity contribution in [3.05, 3.63) is 0 Å². The Bertz CT molecular complexity index is 447. The van der Waals surface area contributed by atoms with Gasteiger partial charge in [0.25, 0.3) is 5.91 Å². The summed E-state index contributed by atoms with van der Waals surface area (Å²) >= 11 is 0. The molecule has 0 fully saturated rings. The summed E-state index contributed by atoms with van der Waals surface area (Å²) in [6, 6.07) is 0. The standard InChI is InChI=1S/C27H53NO3/c1-8-14-17-23(11-4)20-28(21-24(12-5)18-15-9-2)26(29)22(7)31-27(30)25(13-6)19-16-10-3/h22-25H,8-21H2,1-7H3. The first-order chi connectivity index (χ1) is 14.9. The zero-order valence-electron chi connectivity index (χ0n) is 21.9. The van der Waals surface area contributed by atoms with Crippen molar-refractivity contribution < 1.29 is 14.3 Å². The molecule has 0 spiro atoms. The lowest BCUT2D eigenvalue weighted by Crippen LogP contribution is -2.45. The van der Waals surface area contributed by atoms with Crippen LogP contribution in [0, 0.1) is 17.8 Å². The second kappa shape index (κ2) is 18.5. The summed E-state index contributed by atoms with van der Waals surface area (Å²) in [6.45, 7) is 16.4. The second-order valence-corrected chi connectivity index (χ2v) is 9.40.